The average Bonchev–Trinajstić information content (AvgIpc) is 3.26. The maximum atomic E-state index is 13.6. The zero-order chi connectivity index (χ0) is 23.8. The summed E-state index contributed by atoms with van der Waals surface area (Å²) in [6.45, 7) is 2.62. The lowest BCUT2D eigenvalue weighted by Gasteiger charge is -2.42. The van der Waals surface area contributed by atoms with Crippen molar-refractivity contribution >= 4 is 38.9 Å². The Kier molecular flexibility index (Phi) is 6.47. The average molecular weight is 517 g/mol. The number of hydrogen-bond donors (Lipinski definition) is 1. The predicted octanol–water partition coefficient (Wildman–Crippen LogP) is 5.96. The van der Waals surface area contributed by atoms with E-state index in [9.17, 15) is 19.1 Å². The molecule has 1 N–H and O–H groups in total. The topological polar surface area (TPSA) is 74.0 Å². The van der Waals surface area contributed by atoms with E-state index >= 15 is 0 Å². The molecule has 33 heavy (non-hydrogen) atoms. The Balaban J connectivity index is 1.60. The molecular formula is C25H26BrFN2O4. The number of fused-ring (bicyclic) bond motifs is 1. The highest BCUT2D eigenvalue weighted by molar-refractivity contribution is 9.10. The number of furan rings is 1. The van der Waals surface area contributed by atoms with Crippen LogP contribution < -0.4 is 0 Å². The molecule has 1 aliphatic heterocycles. The van der Waals surface area contributed by atoms with Crippen LogP contribution in [0, 0.1) is 5.82 Å². The van der Waals surface area contributed by atoms with Crippen LogP contribution in [0.15, 0.2) is 57.6 Å². The molecule has 0 spiro atoms. The molecule has 2 aromatic carbocycles. The number of carbonyl (C=O) groups excluding carboxylic acids is 1. The van der Waals surface area contributed by atoms with Gasteiger partial charge in [-0.25, -0.2) is 9.18 Å². The lowest BCUT2D eigenvalue weighted by Crippen LogP contribution is -2.47. The third-order valence-corrected chi connectivity index (χ3v) is 7.36. The van der Waals surface area contributed by atoms with Crippen molar-refractivity contribution in [1.29, 1.82) is 0 Å². The number of piperidine rings is 1. The fourth-order valence-electron chi connectivity index (χ4n) is 4.72. The van der Waals surface area contributed by atoms with E-state index in [0.717, 1.165) is 26.6 Å². The number of carbonyl (C=O) groups is 2. The van der Waals surface area contributed by atoms with Gasteiger partial charge in [-0.2, -0.15) is 0 Å². The minimum Gasteiger partial charge on any atom is -0.465 e. The van der Waals surface area contributed by atoms with Gasteiger partial charge in [-0.15, -0.1) is 0 Å². The third kappa shape index (κ3) is 4.62. The van der Waals surface area contributed by atoms with Crippen LogP contribution in [0.1, 0.15) is 43.4 Å². The molecule has 0 radical (unpaired) electrons. The molecule has 1 aromatic heterocycles. The number of nitrogens with zero attached hydrogens (tertiary/aromatic N) is 2. The monoisotopic (exact) mass is 516 g/mol. The van der Waals surface area contributed by atoms with E-state index in [1.54, 1.807) is 30.3 Å². The fraction of sp³-hybridized carbons (Fsp3) is 0.360. The number of amides is 2. The van der Waals surface area contributed by atoms with Crippen LogP contribution in [0.4, 0.5) is 9.18 Å². The quantitative estimate of drug-likeness (QED) is 0.454. The van der Waals surface area contributed by atoms with Crippen molar-refractivity contribution in [3.05, 3.63) is 70.1 Å². The molecule has 2 amide bonds. The zero-order valence-electron chi connectivity index (χ0n) is 18.6. The minimum atomic E-state index is -0.961. The highest BCUT2D eigenvalue weighted by Gasteiger charge is 2.40. The molecule has 8 heteroatoms. The lowest BCUT2D eigenvalue weighted by atomic mass is 9.70. The van der Waals surface area contributed by atoms with Crippen molar-refractivity contribution in [3.63, 3.8) is 0 Å². The van der Waals surface area contributed by atoms with Gasteiger partial charge in [-0.3, -0.25) is 4.79 Å². The number of halogens is 2. The summed E-state index contributed by atoms with van der Waals surface area (Å²) in [7, 11) is 1.77. The van der Waals surface area contributed by atoms with Crippen molar-refractivity contribution in [2.24, 2.45) is 0 Å². The normalized spacial score (nSPS) is 16.5. The van der Waals surface area contributed by atoms with Gasteiger partial charge in [-0.05, 0) is 55.7 Å². The van der Waals surface area contributed by atoms with Crippen LogP contribution >= 0.6 is 15.9 Å². The first-order valence-electron chi connectivity index (χ1n) is 10.9. The summed E-state index contributed by atoms with van der Waals surface area (Å²) in [6.07, 6.45) is 1.88. The van der Waals surface area contributed by atoms with Gasteiger partial charge in [0, 0.05) is 47.4 Å². The Hall–Kier alpha value is -2.87. The second kappa shape index (κ2) is 9.17. The maximum Gasteiger partial charge on any atom is 0.407 e. The molecule has 3 aromatic rings. The second-order valence-electron chi connectivity index (χ2n) is 8.75. The number of benzene rings is 2. The van der Waals surface area contributed by atoms with Crippen LogP contribution in [0.3, 0.4) is 0 Å². The van der Waals surface area contributed by atoms with E-state index < -0.39 is 11.5 Å². The molecule has 4 rings (SSSR count). The van der Waals surface area contributed by atoms with Crippen molar-refractivity contribution in [2.45, 2.75) is 37.6 Å². The molecule has 0 bridgehead atoms. The molecule has 1 saturated heterocycles. The molecule has 0 aliphatic carbocycles. The van der Waals surface area contributed by atoms with Gasteiger partial charge < -0.3 is 19.3 Å². The highest BCUT2D eigenvalue weighted by atomic mass is 79.9. The van der Waals surface area contributed by atoms with Gasteiger partial charge in [0.15, 0.2) is 0 Å². The van der Waals surface area contributed by atoms with Gasteiger partial charge in [0.25, 0.3) is 0 Å². The first-order valence-corrected chi connectivity index (χ1v) is 11.7. The summed E-state index contributed by atoms with van der Waals surface area (Å²) in [5, 5.41) is 10.3. The summed E-state index contributed by atoms with van der Waals surface area (Å²) in [5.74, 6) is -0.402. The van der Waals surface area contributed by atoms with Gasteiger partial charge >= 0.3 is 6.09 Å². The van der Waals surface area contributed by atoms with Crippen molar-refractivity contribution in [1.82, 2.24) is 9.80 Å². The van der Waals surface area contributed by atoms with E-state index in [1.165, 1.54) is 17.0 Å². The molecule has 0 saturated carbocycles. The number of likely N-dealkylation sites (tertiary alicyclic amines) is 1. The maximum absolute atomic E-state index is 13.6. The van der Waals surface area contributed by atoms with Crippen molar-refractivity contribution in [2.75, 3.05) is 20.1 Å². The lowest BCUT2D eigenvalue weighted by molar-refractivity contribution is -0.133. The van der Waals surface area contributed by atoms with Gasteiger partial charge in [0.1, 0.15) is 11.4 Å². The van der Waals surface area contributed by atoms with E-state index in [0.29, 0.717) is 25.9 Å². The van der Waals surface area contributed by atoms with Crippen LogP contribution in [-0.2, 0) is 10.2 Å². The first kappa shape index (κ1) is 23.3. The molecule has 6 nitrogen and oxygen atoms in total. The summed E-state index contributed by atoms with van der Waals surface area (Å²) < 4.78 is 20.2. The van der Waals surface area contributed by atoms with Crippen LogP contribution in [0.25, 0.3) is 11.0 Å². The summed E-state index contributed by atoms with van der Waals surface area (Å²) in [5.41, 5.74) is 1.95. The van der Waals surface area contributed by atoms with Crippen LogP contribution in [0.5, 0.6) is 0 Å². The van der Waals surface area contributed by atoms with E-state index in [2.05, 4.69) is 15.9 Å². The minimum absolute atomic E-state index is 0.0599. The largest absolute Gasteiger partial charge is 0.465 e. The molecule has 1 atom stereocenters. The Morgan fingerprint density at radius 1 is 1.21 bits per heavy atom. The Morgan fingerprint density at radius 2 is 1.88 bits per heavy atom. The summed E-state index contributed by atoms with van der Waals surface area (Å²) in [6, 6.07) is 11.8. The van der Waals surface area contributed by atoms with Crippen molar-refractivity contribution in [3.8, 4) is 0 Å². The van der Waals surface area contributed by atoms with Crippen LogP contribution in [0.2, 0.25) is 0 Å². The SMILES string of the molecule is CC(c1cc(Br)cc2ccoc12)N(C)C(=O)CC1(c2ccc(F)cc2)CCN(C(=O)O)CC1. The third-order valence-electron chi connectivity index (χ3n) is 6.91. The van der Waals surface area contributed by atoms with Gasteiger partial charge in [-0.1, -0.05) is 28.1 Å². The Bertz CT molecular complexity index is 1170. The molecule has 174 valence electrons. The van der Waals surface area contributed by atoms with E-state index in [-0.39, 0.29) is 24.2 Å². The summed E-state index contributed by atoms with van der Waals surface area (Å²) in [4.78, 5) is 28.0. The number of hydrogen-bond acceptors (Lipinski definition) is 3. The predicted molar refractivity (Wildman–Crippen MR) is 127 cm³/mol. The molecular weight excluding hydrogens is 491 g/mol. The highest BCUT2D eigenvalue weighted by Crippen LogP contribution is 2.40. The van der Waals surface area contributed by atoms with Crippen LogP contribution in [-0.4, -0.2) is 47.0 Å². The number of rotatable bonds is 5. The second-order valence-corrected chi connectivity index (χ2v) is 9.66. The molecule has 1 aliphatic rings. The molecule has 1 fully saturated rings. The molecule has 2 heterocycles. The van der Waals surface area contributed by atoms with E-state index in [4.69, 9.17) is 4.42 Å². The Labute approximate surface area is 200 Å². The zero-order valence-corrected chi connectivity index (χ0v) is 20.1. The Morgan fingerprint density at radius 3 is 2.52 bits per heavy atom. The standard InChI is InChI=1S/C25H26BrFN2O4/c1-16(21-14-19(26)13-17-7-12-33-23(17)21)28(2)22(30)15-25(18-3-5-20(27)6-4-18)8-10-29(11-9-25)24(31)32/h3-7,12-14,16H,8-11,15H2,1-2H3,(H,31,32). The van der Waals surface area contributed by atoms with E-state index in [1.807, 2.05) is 25.1 Å². The smallest absolute Gasteiger partial charge is 0.407 e. The van der Waals surface area contributed by atoms with Gasteiger partial charge in [0.2, 0.25) is 5.91 Å². The fourth-order valence-corrected chi connectivity index (χ4v) is 5.21. The van der Waals surface area contributed by atoms with Gasteiger partial charge in [0.05, 0.1) is 12.3 Å². The molecule has 1 unspecified atom stereocenters. The van der Waals surface area contributed by atoms with Crippen molar-refractivity contribution < 1.29 is 23.5 Å². The first-order chi connectivity index (χ1) is 15.7. The number of carboxylic acid groups (broad SMARTS) is 1. The summed E-state index contributed by atoms with van der Waals surface area (Å²) >= 11 is 3.54.